The Kier molecular flexibility index (Phi) is 2.34. The van der Waals surface area contributed by atoms with Crippen LogP contribution in [0.25, 0.3) is 0 Å². The first-order chi connectivity index (χ1) is 7.45. The number of benzene rings is 1. The van der Waals surface area contributed by atoms with E-state index < -0.39 is 0 Å². The number of anilines is 1. The maximum absolute atomic E-state index is 13.2. The summed E-state index contributed by atoms with van der Waals surface area (Å²) in [5, 5.41) is 0. The van der Waals surface area contributed by atoms with Crippen LogP contribution < -0.4 is 4.90 Å². The van der Waals surface area contributed by atoms with Crippen molar-refractivity contribution in [1.82, 2.24) is 0 Å². The Morgan fingerprint density at radius 2 is 2.25 bits per heavy atom. The molecule has 1 aromatic carbocycles. The van der Waals surface area contributed by atoms with Gasteiger partial charge in [0.05, 0.1) is 5.69 Å². The molecule has 0 N–H and O–H groups in total. The SMILES string of the molecule is C=CC(=O)N1CC(C)(C)c2ccc(F)cc21. The van der Waals surface area contributed by atoms with E-state index in [4.69, 9.17) is 0 Å². The van der Waals surface area contributed by atoms with Crippen molar-refractivity contribution in [3.8, 4) is 0 Å². The zero-order chi connectivity index (χ0) is 11.9. The highest BCUT2D eigenvalue weighted by Gasteiger charge is 2.37. The highest BCUT2D eigenvalue weighted by molar-refractivity contribution is 6.03. The summed E-state index contributed by atoms with van der Waals surface area (Å²) in [4.78, 5) is 13.2. The van der Waals surface area contributed by atoms with Gasteiger partial charge >= 0.3 is 0 Å². The van der Waals surface area contributed by atoms with Gasteiger partial charge < -0.3 is 4.90 Å². The summed E-state index contributed by atoms with van der Waals surface area (Å²) >= 11 is 0. The Morgan fingerprint density at radius 3 is 2.88 bits per heavy atom. The van der Waals surface area contributed by atoms with Gasteiger partial charge in [-0.25, -0.2) is 4.39 Å². The molecule has 0 unspecified atom stereocenters. The Morgan fingerprint density at radius 1 is 1.56 bits per heavy atom. The van der Waals surface area contributed by atoms with E-state index in [0.29, 0.717) is 12.2 Å². The van der Waals surface area contributed by atoms with Crippen LogP contribution in [0.15, 0.2) is 30.9 Å². The van der Waals surface area contributed by atoms with Crippen LogP contribution in [0.2, 0.25) is 0 Å². The van der Waals surface area contributed by atoms with Crippen molar-refractivity contribution in [2.75, 3.05) is 11.4 Å². The molecule has 0 saturated heterocycles. The average Bonchev–Trinajstić information content (AvgIpc) is 2.49. The third kappa shape index (κ3) is 1.52. The van der Waals surface area contributed by atoms with Crippen molar-refractivity contribution in [2.45, 2.75) is 19.3 Å². The van der Waals surface area contributed by atoms with E-state index in [-0.39, 0.29) is 17.1 Å². The molecule has 16 heavy (non-hydrogen) atoms. The van der Waals surface area contributed by atoms with Crippen molar-refractivity contribution in [2.24, 2.45) is 0 Å². The fourth-order valence-electron chi connectivity index (χ4n) is 2.17. The molecular weight excluding hydrogens is 205 g/mol. The molecule has 3 heteroatoms. The second-order valence-electron chi connectivity index (χ2n) is 4.67. The van der Waals surface area contributed by atoms with Gasteiger partial charge in [-0.1, -0.05) is 26.5 Å². The van der Waals surface area contributed by atoms with Crippen molar-refractivity contribution in [3.63, 3.8) is 0 Å². The van der Waals surface area contributed by atoms with E-state index in [1.165, 1.54) is 18.2 Å². The minimum Gasteiger partial charge on any atom is -0.308 e. The first-order valence-corrected chi connectivity index (χ1v) is 5.20. The molecule has 84 valence electrons. The summed E-state index contributed by atoms with van der Waals surface area (Å²) < 4.78 is 13.2. The zero-order valence-electron chi connectivity index (χ0n) is 9.46. The number of fused-ring (bicyclic) bond motifs is 1. The predicted octanol–water partition coefficient (Wildman–Crippen LogP) is 2.64. The van der Waals surface area contributed by atoms with Crippen molar-refractivity contribution in [1.29, 1.82) is 0 Å². The fourth-order valence-corrected chi connectivity index (χ4v) is 2.17. The average molecular weight is 219 g/mol. The molecule has 2 rings (SSSR count). The minimum atomic E-state index is -0.321. The Bertz CT molecular complexity index is 465. The van der Waals surface area contributed by atoms with Crippen LogP contribution in [-0.4, -0.2) is 12.5 Å². The van der Waals surface area contributed by atoms with E-state index in [0.717, 1.165) is 5.56 Å². The molecule has 1 aliphatic heterocycles. The van der Waals surface area contributed by atoms with E-state index >= 15 is 0 Å². The fraction of sp³-hybridized carbons (Fsp3) is 0.308. The summed E-state index contributed by atoms with van der Waals surface area (Å²) in [5.41, 5.74) is 1.53. The lowest BCUT2D eigenvalue weighted by molar-refractivity contribution is -0.114. The van der Waals surface area contributed by atoms with E-state index in [1.54, 1.807) is 11.0 Å². The maximum atomic E-state index is 13.2. The Hall–Kier alpha value is -1.64. The number of carbonyl (C=O) groups is 1. The highest BCUT2D eigenvalue weighted by Crippen LogP contribution is 2.40. The number of hydrogen-bond donors (Lipinski definition) is 0. The van der Waals surface area contributed by atoms with Crippen LogP contribution >= 0.6 is 0 Å². The lowest BCUT2D eigenvalue weighted by Gasteiger charge is -2.19. The molecule has 0 fully saturated rings. The van der Waals surface area contributed by atoms with Crippen LogP contribution in [0.3, 0.4) is 0 Å². The van der Waals surface area contributed by atoms with Gasteiger partial charge in [0.1, 0.15) is 5.82 Å². The van der Waals surface area contributed by atoms with Crippen LogP contribution in [0.1, 0.15) is 19.4 Å². The molecule has 0 bridgehead atoms. The normalized spacial score (nSPS) is 17.1. The van der Waals surface area contributed by atoms with Crippen molar-refractivity contribution < 1.29 is 9.18 Å². The summed E-state index contributed by atoms with van der Waals surface area (Å²) in [5.74, 6) is -0.504. The van der Waals surface area contributed by atoms with Gasteiger partial charge in [-0.3, -0.25) is 4.79 Å². The third-order valence-corrected chi connectivity index (χ3v) is 2.97. The summed E-state index contributed by atoms with van der Waals surface area (Å²) in [6, 6.07) is 4.59. The molecule has 0 radical (unpaired) electrons. The van der Waals surface area contributed by atoms with E-state index in [1.807, 2.05) is 13.8 Å². The molecule has 0 atom stereocenters. The Balaban J connectivity index is 2.56. The van der Waals surface area contributed by atoms with Gasteiger partial charge in [0, 0.05) is 12.0 Å². The smallest absolute Gasteiger partial charge is 0.250 e. The maximum Gasteiger partial charge on any atom is 0.250 e. The van der Waals surface area contributed by atoms with E-state index in [9.17, 15) is 9.18 Å². The number of nitrogens with zero attached hydrogens (tertiary/aromatic N) is 1. The summed E-state index contributed by atoms with van der Waals surface area (Å²) in [6.45, 7) is 8.11. The largest absolute Gasteiger partial charge is 0.308 e. The molecule has 0 aromatic heterocycles. The predicted molar refractivity (Wildman–Crippen MR) is 62.0 cm³/mol. The standard InChI is InChI=1S/C13H14FNO/c1-4-12(16)15-8-13(2,3)10-6-5-9(14)7-11(10)15/h4-7H,1,8H2,2-3H3. The van der Waals surface area contributed by atoms with Gasteiger partial charge in [-0.05, 0) is 23.8 Å². The molecular formula is C13H14FNO. The molecule has 2 nitrogen and oxygen atoms in total. The number of halogens is 1. The first kappa shape index (κ1) is 10.9. The van der Waals surface area contributed by atoms with Gasteiger partial charge in [-0.15, -0.1) is 0 Å². The number of carbonyl (C=O) groups excluding carboxylic acids is 1. The molecule has 1 heterocycles. The van der Waals surface area contributed by atoms with Crippen molar-refractivity contribution in [3.05, 3.63) is 42.2 Å². The number of amides is 1. The van der Waals surface area contributed by atoms with Crippen LogP contribution in [-0.2, 0) is 10.2 Å². The molecule has 0 saturated carbocycles. The highest BCUT2D eigenvalue weighted by atomic mass is 19.1. The van der Waals surface area contributed by atoms with Gasteiger partial charge in [-0.2, -0.15) is 0 Å². The molecule has 1 aromatic rings. The molecule has 0 spiro atoms. The van der Waals surface area contributed by atoms with Crippen LogP contribution in [0, 0.1) is 5.82 Å². The second kappa shape index (κ2) is 3.44. The van der Waals surface area contributed by atoms with Gasteiger partial charge in [0.25, 0.3) is 0 Å². The zero-order valence-corrected chi connectivity index (χ0v) is 9.46. The summed E-state index contributed by atoms with van der Waals surface area (Å²) in [7, 11) is 0. The molecule has 0 aliphatic carbocycles. The molecule has 1 aliphatic rings. The van der Waals surface area contributed by atoms with Gasteiger partial charge in [0.2, 0.25) is 5.91 Å². The quantitative estimate of drug-likeness (QED) is 0.665. The molecule has 1 amide bonds. The van der Waals surface area contributed by atoms with Crippen LogP contribution in [0.5, 0.6) is 0 Å². The van der Waals surface area contributed by atoms with Gasteiger partial charge in [0.15, 0.2) is 0 Å². The summed E-state index contributed by atoms with van der Waals surface area (Å²) in [6.07, 6.45) is 1.26. The van der Waals surface area contributed by atoms with E-state index in [2.05, 4.69) is 6.58 Å². The monoisotopic (exact) mass is 219 g/mol. The Labute approximate surface area is 94.4 Å². The first-order valence-electron chi connectivity index (χ1n) is 5.20. The lowest BCUT2D eigenvalue weighted by Crippen LogP contribution is -2.32. The topological polar surface area (TPSA) is 20.3 Å². The lowest BCUT2D eigenvalue weighted by atomic mass is 9.87. The van der Waals surface area contributed by atoms with Crippen LogP contribution in [0.4, 0.5) is 10.1 Å². The van der Waals surface area contributed by atoms with Crippen molar-refractivity contribution >= 4 is 11.6 Å². The minimum absolute atomic E-state index is 0.137. The number of rotatable bonds is 1. The second-order valence-corrected chi connectivity index (χ2v) is 4.67. The third-order valence-electron chi connectivity index (χ3n) is 2.97. The number of hydrogen-bond acceptors (Lipinski definition) is 1.